The number of aromatic amines is 1. The SMILES string of the molecule is COc1ccc([C@@H](O)/C(=N\NC(N)=S)c2nc3ccc([N+](=O)[O-])cc3[nH]c2=O)cc1OC. The topological polar surface area (TPSA) is 178 Å². The van der Waals surface area contributed by atoms with Crippen LogP contribution < -0.4 is 26.2 Å². The Bertz CT molecular complexity index is 1290. The Balaban J connectivity index is 2.14. The Labute approximate surface area is 185 Å². The number of nitrogens with zero attached hydrogens (tertiary/aromatic N) is 3. The van der Waals surface area contributed by atoms with Crippen LogP contribution in [0.25, 0.3) is 11.0 Å². The number of H-pyrrole nitrogens is 1. The van der Waals surface area contributed by atoms with E-state index in [0.29, 0.717) is 17.1 Å². The van der Waals surface area contributed by atoms with Gasteiger partial charge in [-0.05, 0) is 36.0 Å². The molecule has 13 heteroatoms. The predicted octanol–water partition coefficient (Wildman–Crippen LogP) is 1.12. The zero-order valence-electron chi connectivity index (χ0n) is 16.9. The highest BCUT2D eigenvalue weighted by Crippen LogP contribution is 2.31. The summed E-state index contributed by atoms with van der Waals surface area (Å²) in [5, 5.41) is 25.8. The number of hydrogen-bond donors (Lipinski definition) is 4. The molecule has 3 rings (SSSR count). The number of thiocarbonyl (C=S) groups is 1. The molecule has 1 aromatic heterocycles. The van der Waals surface area contributed by atoms with Crippen LogP contribution in [0.15, 0.2) is 46.3 Å². The van der Waals surface area contributed by atoms with Crippen molar-refractivity contribution in [3.63, 3.8) is 0 Å². The fraction of sp³-hybridized carbons (Fsp3) is 0.158. The van der Waals surface area contributed by atoms with Crippen molar-refractivity contribution in [2.24, 2.45) is 10.8 Å². The van der Waals surface area contributed by atoms with Gasteiger partial charge in [0.1, 0.15) is 11.8 Å². The van der Waals surface area contributed by atoms with Gasteiger partial charge in [0.05, 0.1) is 30.2 Å². The van der Waals surface area contributed by atoms with Gasteiger partial charge in [0.2, 0.25) is 0 Å². The van der Waals surface area contributed by atoms with Gasteiger partial charge >= 0.3 is 0 Å². The largest absolute Gasteiger partial charge is 0.493 e. The number of aliphatic hydroxyl groups excluding tert-OH is 1. The van der Waals surface area contributed by atoms with E-state index in [1.165, 1.54) is 38.5 Å². The second kappa shape index (κ2) is 9.36. The van der Waals surface area contributed by atoms with Crippen molar-refractivity contribution in [2.45, 2.75) is 6.10 Å². The van der Waals surface area contributed by atoms with Crippen molar-refractivity contribution in [2.75, 3.05) is 14.2 Å². The van der Waals surface area contributed by atoms with E-state index in [2.05, 4.69) is 20.5 Å². The van der Waals surface area contributed by atoms with Gasteiger partial charge in [0.15, 0.2) is 22.3 Å². The van der Waals surface area contributed by atoms with E-state index in [1.807, 2.05) is 0 Å². The molecule has 0 saturated carbocycles. The van der Waals surface area contributed by atoms with Crippen LogP contribution in [0.2, 0.25) is 0 Å². The average molecular weight is 458 g/mol. The smallest absolute Gasteiger partial charge is 0.276 e. The lowest BCUT2D eigenvalue weighted by Crippen LogP contribution is -2.31. The van der Waals surface area contributed by atoms with Crippen LogP contribution in [0.1, 0.15) is 17.4 Å². The molecule has 0 spiro atoms. The second-order valence-corrected chi connectivity index (χ2v) is 6.80. The van der Waals surface area contributed by atoms with E-state index in [9.17, 15) is 20.0 Å². The van der Waals surface area contributed by atoms with Crippen molar-refractivity contribution in [3.8, 4) is 11.5 Å². The number of hydrogen-bond acceptors (Lipinski definition) is 9. The highest BCUT2D eigenvalue weighted by Gasteiger charge is 2.24. The number of nitro benzene ring substituents is 1. The zero-order valence-corrected chi connectivity index (χ0v) is 17.7. The van der Waals surface area contributed by atoms with Crippen LogP contribution >= 0.6 is 12.2 Å². The Morgan fingerprint density at radius 1 is 1.28 bits per heavy atom. The van der Waals surface area contributed by atoms with Crippen LogP contribution in [0.5, 0.6) is 11.5 Å². The number of benzene rings is 2. The van der Waals surface area contributed by atoms with E-state index in [0.717, 1.165) is 0 Å². The molecule has 0 amide bonds. The number of hydrazone groups is 1. The van der Waals surface area contributed by atoms with Crippen LogP contribution in [-0.2, 0) is 0 Å². The molecule has 0 fully saturated rings. The maximum absolute atomic E-state index is 12.7. The fourth-order valence-electron chi connectivity index (χ4n) is 2.90. The van der Waals surface area contributed by atoms with E-state index < -0.39 is 16.6 Å². The highest BCUT2D eigenvalue weighted by molar-refractivity contribution is 7.80. The molecular formula is C19H18N6O6S. The summed E-state index contributed by atoms with van der Waals surface area (Å²) >= 11 is 4.76. The number of nitrogens with one attached hydrogen (secondary N) is 2. The molecule has 166 valence electrons. The summed E-state index contributed by atoms with van der Waals surface area (Å²) in [6.07, 6.45) is -1.44. The standard InChI is InChI=1S/C19H18N6O6S/c1-30-13-6-3-9(7-14(13)31-2)17(26)15(23-24-19(20)32)16-18(27)22-12-8-10(25(28)29)4-5-11(12)21-16/h3-8,17,26H,1-2H3,(H,22,27)(H3,20,24,32)/b23-15-/t17-/m1/s1. The number of non-ortho nitro benzene ring substituents is 1. The van der Waals surface area contributed by atoms with E-state index in [4.69, 9.17) is 27.4 Å². The summed E-state index contributed by atoms with van der Waals surface area (Å²) in [4.78, 5) is 29.9. The molecular weight excluding hydrogens is 440 g/mol. The van der Waals surface area contributed by atoms with Gasteiger partial charge in [0, 0.05) is 12.1 Å². The van der Waals surface area contributed by atoms with Gasteiger partial charge in [-0.1, -0.05) is 6.07 Å². The molecule has 12 nitrogen and oxygen atoms in total. The fourth-order valence-corrected chi connectivity index (χ4v) is 2.95. The van der Waals surface area contributed by atoms with E-state index in [-0.39, 0.29) is 33.2 Å². The summed E-state index contributed by atoms with van der Waals surface area (Å²) in [5.74, 6) is 0.782. The Kier molecular flexibility index (Phi) is 6.61. The third-order valence-electron chi connectivity index (χ3n) is 4.40. The minimum absolute atomic E-state index is 0.148. The summed E-state index contributed by atoms with van der Waals surface area (Å²) in [6.45, 7) is 0. The maximum atomic E-state index is 12.7. The molecule has 0 radical (unpaired) electrons. The molecule has 0 unspecified atom stereocenters. The molecule has 5 N–H and O–H groups in total. The molecule has 0 aliphatic heterocycles. The lowest BCUT2D eigenvalue weighted by Gasteiger charge is -2.16. The van der Waals surface area contributed by atoms with E-state index in [1.54, 1.807) is 12.1 Å². The summed E-state index contributed by atoms with van der Waals surface area (Å²) in [6, 6.07) is 8.44. The third kappa shape index (κ3) is 4.63. The average Bonchev–Trinajstić information content (AvgIpc) is 2.78. The maximum Gasteiger partial charge on any atom is 0.276 e. The van der Waals surface area contributed by atoms with Crippen molar-refractivity contribution in [1.82, 2.24) is 15.4 Å². The third-order valence-corrected chi connectivity index (χ3v) is 4.49. The van der Waals surface area contributed by atoms with Gasteiger partial charge < -0.3 is 25.3 Å². The van der Waals surface area contributed by atoms with Crippen LogP contribution in [0.4, 0.5) is 5.69 Å². The van der Waals surface area contributed by atoms with Gasteiger partial charge in [-0.25, -0.2) is 4.98 Å². The normalized spacial score (nSPS) is 12.3. The molecule has 32 heavy (non-hydrogen) atoms. The number of nitrogens with two attached hydrogens (primary N) is 1. The predicted molar refractivity (Wildman–Crippen MR) is 120 cm³/mol. The Hall–Kier alpha value is -4.10. The Morgan fingerprint density at radius 2 is 2.00 bits per heavy atom. The van der Waals surface area contributed by atoms with Crippen molar-refractivity contribution in [1.29, 1.82) is 0 Å². The molecule has 0 bridgehead atoms. The molecule has 3 aromatic rings. The monoisotopic (exact) mass is 458 g/mol. The van der Waals surface area contributed by atoms with Gasteiger partial charge in [0.25, 0.3) is 11.2 Å². The number of rotatable bonds is 7. The number of methoxy groups -OCH3 is 2. The lowest BCUT2D eigenvalue weighted by atomic mass is 10.0. The van der Waals surface area contributed by atoms with Gasteiger partial charge in [-0.15, -0.1) is 0 Å². The first-order chi connectivity index (χ1) is 15.2. The zero-order chi connectivity index (χ0) is 23.4. The second-order valence-electron chi connectivity index (χ2n) is 6.36. The molecule has 1 heterocycles. The lowest BCUT2D eigenvalue weighted by molar-refractivity contribution is -0.384. The van der Waals surface area contributed by atoms with Crippen LogP contribution in [0.3, 0.4) is 0 Å². The summed E-state index contributed by atoms with van der Waals surface area (Å²) < 4.78 is 10.4. The number of ether oxygens (including phenoxy) is 2. The first kappa shape index (κ1) is 22.6. The number of fused-ring (bicyclic) bond motifs is 1. The molecule has 0 saturated heterocycles. The summed E-state index contributed by atoms with van der Waals surface area (Å²) in [5.41, 5.74) is 7.12. The van der Waals surface area contributed by atoms with Crippen molar-refractivity contribution < 1.29 is 19.5 Å². The number of nitro groups is 1. The van der Waals surface area contributed by atoms with Crippen LogP contribution in [-0.4, -0.2) is 45.0 Å². The minimum atomic E-state index is -1.44. The highest BCUT2D eigenvalue weighted by atomic mass is 32.1. The molecule has 0 aliphatic rings. The Morgan fingerprint density at radius 3 is 2.62 bits per heavy atom. The van der Waals surface area contributed by atoms with E-state index >= 15 is 0 Å². The van der Waals surface area contributed by atoms with Crippen molar-refractivity contribution >= 4 is 39.8 Å². The van der Waals surface area contributed by atoms with Crippen LogP contribution in [0, 0.1) is 10.1 Å². The first-order valence-electron chi connectivity index (χ1n) is 8.97. The first-order valence-corrected chi connectivity index (χ1v) is 9.37. The number of aliphatic hydroxyl groups is 1. The summed E-state index contributed by atoms with van der Waals surface area (Å²) in [7, 11) is 2.90. The van der Waals surface area contributed by atoms with Crippen molar-refractivity contribution in [3.05, 3.63) is 68.1 Å². The van der Waals surface area contributed by atoms with Gasteiger partial charge in [-0.2, -0.15) is 5.10 Å². The van der Waals surface area contributed by atoms with Gasteiger partial charge in [-0.3, -0.25) is 20.3 Å². The minimum Gasteiger partial charge on any atom is -0.493 e. The molecule has 1 atom stereocenters. The molecule has 0 aliphatic carbocycles. The molecule has 2 aromatic carbocycles. The quantitative estimate of drug-likeness (QED) is 0.173. The number of aromatic nitrogens is 2.